The molecule has 0 amide bonds. The van der Waals surface area contributed by atoms with Gasteiger partial charge in [-0.2, -0.15) is 9.64 Å². The molecule has 4 heteroatoms. The molecule has 3 nitrogen and oxygen atoms in total. The SMILES string of the molecule is CCCC(C)Nc1snc(C)c1C#N. The van der Waals surface area contributed by atoms with Gasteiger partial charge in [0.2, 0.25) is 0 Å². The maximum Gasteiger partial charge on any atom is 0.127 e. The molecule has 1 aromatic rings. The average Bonchev–Trinajstić information content (AvgIpc) is 2.47. The van der Waals surface area contributed by atoms with Gasteiger partial charge in [0.25, 0.3) is 0 Å². The molecule has 0 aliphatic heterocycles. The van der Waals surface area contributed by atoms with Crippen molar-refractivity contribution in [2.45, 2.75) is 39.7 Å². The largest absolute Gasteiger partial charge is 0.372 e. The second-order valence-electron chi connectivity index (χ2n) is 3.42. The molecule has 1 unspecified atom stereocenters. The van der Waals surface area contributed by atoms with E-state index >= 15 is 0 Å². The Labute approximate surface area is 88.9 Å². The van der Waals surface area contributed by atoms with Gasteiger partial charge in [0.15, 0.2) is 0 Å². The van der Waals surface area contributed by atoms with E-state index in [0.717, 1.165) is 23.5 Å². The molecule has 0 spiro atoms. The Morgan fingerprint density at radius 3 is 2.93 bits per heavy atom. The Bertz CT molecular complexity index is 338. The van der Waals surface area contributed by atoms with Crippen molar-refractivity contribution >= 4 is 16.5 Å². The van der Waals surface area contributed by atoms with E-state index in [2.05, 4.69) is 29.6 Å². The van der Waals surface area contributed by atoms with Crippen molar-refractivity contribution in [1.29, 1.82) is 5.26 Å². The lowest BCUT2D eigenvalue weighted by Crippen LogP contribution is -2.14. The molecule has 0 radical (unpaired) electrons. The summed E-state index contributed by atoms with van der Waals surface area (Å²) in [5.41, 5.74) is 1.52. The van der Waals surface area contributed by atoms with E-state index < -0.39 is 0 Å². The number of aromatic nitrogens is 1. The highest BCUT2D eigenvalue weighted by molar-refractivity contribution is 7.10. The van der Waals surface area contributed by atoms with Gasteiger partial charge in [-0.3, -0.25) is 0 Å². The highest BCUT2D eigenvalue weighted by Crippen LogP contribution is 2.24. The van der Waals surface area contributed by atoms with Crippen LogP contribution in [-0.2, 0) is 0 Å². The quantitative estimate of drug-likeness (QED) is 0.829. The molecule has 0 saturated heterocycles. The molecule has 76 valence electrons. The summed E-state index contributed by atoms with van der Waals surface area (Å²) in [6.45, 7) is 6.14. The Morgan fingerprint density at radius 2 is 2.36 bits per heavy atom. The van der Waals surface area contributed by atoms with Crippen molar-refractivity contribution in [2.75, 3.05) is 5.32 Å². The second-order valence-corrected chi connectivity index (χ2v) is 4.19. The van der Waals surface area contributed by atoms with Crippen LogP contribution in [0.15, 0.2) is 0 Å². The van der Waals surface area contributed by atoms with Gasteiger partial charge in [-0.15, -0.1) is 0 Å². The zero-order valence-corrected chi connectivity index (χ0v) is 9.61. The summed E-state index contributed by atoms with van der Waals surface area (Å²) >= 11 is 1.37. The second kappa shape index (κ2) is 4.97. The first-order chi connectivity index (χ1) is 6.69. The molecule has 0 saturated carbocycles. The van der Waals surface area contributed by atoms with Crippen LogP contribution in [0.4, 0.5) is 5.00 Å². The van der Waals surface area contributed by atoms with E-state index in [1.807, 2.05) is 6.92 Å². The van der Waals surface area contributed by atoms with E-state index in [4.69, 9.17) is 5.26 Å². The first-order valence-electron chi connectivity index (χ1n) is 4.82. The molecule has 1 N–H and O–H groups in total. The highest BCUT2D eigenvalue weighted by Gasteiger charge is 2.11. The maximum absolute atomic E-state index is 8.91. The number of hydrogen-bond donors (Lipinski definition) is 1. The third kappa shape index (κ3) is 2.46. The number of nitrogens with one attached hydrogen (secondary N) is 1. The van der Waals surface area contributed by atoms with E-state index in [9.17, 15) is 0 Å². The van der Waals surface area contributed by atoms with Crippen LogP contribution < -0.4 is 5.32 Å². The molecule has 14 heavy (non-hydrogen) atoms. The first kappa shape index (κ1) is 11.0. The molecule has 1 heterocycles. The normalized spacial score (nSPS) is 12.1. The van der Waals surface area contributed by atoms with Gasteiger partial charge in [0.05, 0.1) is 5.69 Å². The minimum Gasteiger partial charge on any atom is -0.372 e. The van der Waals surface area contributed by atoms with Crippen molar-refractivity contribution in [1.82, 2.24) is 4.37 Å². The summed E-state index contributed by atoms with van der Waals surface area (Å²) in [5.74, 6) is 0. The number of aryl methyl sites for hydroxylation is 1. The van der Waals surface area contributed by atoms with Gasteiger partial charge in [-0.25, -0.2) is 0 Å². The van der Waals surface area contributed by atoms with Gasteiger partial charge in [-0.05, 0) is 31.8 Å². The van der Waals surface area contributed by atoms with E-state index in [-0.39, 0.29) is 0 Å². The van der Waals surface area contributed by atoms with Crippen LogP contribution in [-0.4, -0.2) is 10.4 Å². The van der Waals surface area contributed by atoms with Gasteiger partial charge in [0.1, 0.15) is 16.6 Å². The summed E-state index contributed by atoms with van der Waals surface area (Å²) in [5, 5.41) is 13.1. The fraction of sp³-hybridized carbons (Fsp3) is 0.600. The minimum atomic E-state index is 0.409. The number of anilines is 1. The number of nitriles is 1. The molecule has 1 rings (SSSR count). The summed E-state index contributed by atoms with van der Waals surface area (Å²) in [6, 6.07) is 2.59. The number of rotatable bonds is 4. The Hall–Kier alpha value is -1.08. The predicted octanol–water partition coefficient (Wildman–Crippen LogP) is 2.92. The van der Waals surface area contributed by atoms with Crippen molar-refractivity contribution in [2.24, 2.45) is 0 Å². The van der Waals surface area contributed by atoms with Crippen molar-refractivity contribution in [3.8, 4) is 6.07 Å². The van der Waals surface area contributed by atoms with Crippen molar-refractivity contribution in [3.05, 3.63) is 11.3 Å². The van der Waals surface area contributed by atoms with E-state index in [1.165, 1.54) is 11.5 Å². The predicted molar refractivity (Wildman–Crippen MR) is 59.6 cm³/mol. The van der Waals surface area contributed by atoms with Crippen molar-refractivity contribution in [3.63, 3.8) is 0 Å². The topological polar surface area (TPSA) is 48.7 Å². The highest BCUT2D eigenvalue weighted by atomic mass is 32.1. The fourth-order valence-electron chi connectivity index (χ4n) is 1.33. The van der Waals surface area contributed by atoms with Gasteiger partial charge < -0.3 is 5.32 Å². The summed E-state index contributed by atoms with van der Waals surface area (Å²) < 4.78 is 4.16. The monoisotopic (exact) mass is 209 g/mol. The Morgan fingerprint density at radius 1 is 1.64 bits per heavy atom. The van der Waals surface area contributed by atoms with E-state index in [1.54, 1.807) is 0 Å². The van der Waals surface area contributed by atoms with E-state index in [0.29, 0.717) is 11.6 Å². The van der Waals surface area contributed by atoms with Crippen molar-refractivity contribution < 1.29 is 0 Å². The first-order valence-corrected chi connectivity index (χ1v) is 5.59. The molecule has 0 aliphatic carbocycles. The maximum atomic E-state index is 8.91. The van der Waals surface area contributed by atoms with Crippen LogP contribution in [0.1, 0.15) is 37.9 Å². The molecule has 1 atom stereocenters. The van der Waals surface area contributed by atoms with Crippen LogP contribution in [0.5, 0.6) is 0 Å². The van der Waals surface area contributed by atoms with Gasteiger partial charge in [-0.1, -0.05) is 13.3 Å². The molecule has 0 aromatic carbocycles. The Kier molecular flexibility index (Phi) is 3.90. The lowest BCUT2D eigenvalue weighted by atomic mass is 10.2. The minimum absolute atomic E-state index is 0.409. The van der Waals surface area contributed by atoms with Gasteiger partial charge in [0, 0.05) is 6.04 Å². The zero-order valence-electron chi connectivity index (χ0n) is 8.79. The van der Waals surface area contributed by atoms with Crippen LogP contribution >= 0.6 is 11.5 Å². The molecular weight excluding hydrogens is 194 g/mol. The average molecular weight is 209 g/mol. The molecular formula is C10H15N3S. The summed E-state index contributed by atoms with van der Waals surface area (Å²) in [4.78, 5) is 0. The number of hydrogen-bond acceptors (Lipinski definition) is 4. The smallest absolute Gasteiger partial charge is 0.127 e. The standard InChI is InChI=1S/C10H15N3S/c1-4-5-7(2)12-10-9(6-11)8(3)13-14-10/h7,12H,4-5H2,1-3H3. The van der Waals surface area contributed by atoms with Crippen LogP contribution in [0.3, 0.4) is 0 Å². The number of nitrogens with zero attached hydrogens (tertiary/aromatic N) is 2. The molecule has 0 fully saturated rings. The van der Waals surface area contributed by atoms with Crippen LogP contribution in [0, 0.1) is 18.3 Å². The summed E-state index contributed by atoms with van der Waals surface area (Å²) in [6.07, 6.45) is 2.26. The van der Waals surface area contributed by atoms with Gasteiger partial charge >= 0.3 is 0 Å². The Balaban J connectivity index is 2.72. The lowest BCUT2D eigenvalue weighted by Gasteiger charge is -2.11. The third-order valence-corrected chi connectivity index (χ3v) is 2.94. The zero-order chi connectivity index (χ0) is 10.6. The van der Waals surface area contributed by atoms with Crippen LogP contribution in [0.2, 0.25) is 0 Å². The fourth-order valence-corrected chi connectivity index (χ4v) is 2.19. The molecule has 1 aromatic heterocycles. The molecule has 0 bridgehead atoms. The summed E-state index contributed by atoms with van der Waals surface area (Å²) in [7, 11) is 0. The lowest BCUT2D eigenvalue weighted by molar-refractivity contribution is 0.692. The molecule has 0 aliphatic rings. The van der Waals surface area contributed by atoms with Crippen LogP contribution in [0.25, 0.3) is 0 Å². The third-order valence-electron chi connectivity index (χ3n) is 2.07.